The van der Waals surface area contributed by atoms with Gasteiger partial charge in [0.1, 0.15) is 0 Å². The Balaban J connectivity index is 2.19. The lowest BCUT2D eigenvalue weighted by molar-refractivity contribution is 0.350. The van der Waals surface area contributed by atoms with Crippen molar-refractivity contribution < 1.29 is 8.42 Å². The predicted octanol–water partition coefficient (Wildman–Crippen LogP) is 3.20. The molecule has 5 heteroatoms. The Morgan fingerprint density at radius 1 is 1.16 bits per heavy atom. The summed E-state index contributed by atoms with van der Waals surface area (Å²) < 4.78 is 26.5. The zero-order chi connectivity index (χ0) is 14.0. The van der Waals surface area contributed by atoms with Gasteiger partial charge >= 0.3 is 0 Å². The van der Waals surface area contributed by atoms with Crippen LogP contribution in [0.3, 0.4) is 0 Å². The van der Waals surface area contributed by atoms with E-state index in [-0.39, 0.29) is 5.38 Å². The Labute approximate surface area is 120 Å². The molecule has 0 atom stereocenters. The van der Waals surface area contributed by atoms with Gasteiger partial charge in [0.15, 0.2) is 0 Å². The Morgan fingerprint density at radius 2 is 1.68 bits per heavy atom. The molecule has 1 aromatic carbocycles. The van der Waals surface area contributed by atoms with Gasteiger partial charge in [0.25, 0.3) is 0 Å². The molecule has 0 radical (unpaired) electrons. The minimum absolute atomic E-state index is 0.106. The maximum atomic E-state index is 12.5. The highest BCUT2D eigenvalue weighted by Crippen LogP contribution is 2.24. The van der Waals surface area contributed by atoms with Gasteiger partial charge in [-0.1, -0.05) is 26.0 Å². The van der Waals surface area contributed by atoms with Crippen molar-refractivity contribution in [3.05, 3.63) is 29.8 Å². The van der Waals surface area contributed by atoms with E-state index in [4.69, 9.17) is 11.6 Å². The minimum Gasteiger partial charge on any atom is -0.207 e. The minimum atomic E-state index is -3.35. The summed E-state index contributed by atoms with van der Waals surface area (Å²) in [6.07, 6.45) is 1.45. The summed E-state index contributed by atoms with van der Waals surface area (Å²) in [5, 5.41) is 0.106. The zero-order valence-corrected chi connectivity index (χ0v) is 12.9. The highest BCUT2D eigenvalue weighted by atomic mass is 35.5. The summed E-state index contributed by atoms with van der Waals surface area (Å²) in [4.78, 5) is 0.380. The van der Waals surface area contributed by atoms with Crippen LogP contribution in [0.25, 0.3) is 0 Å². The maximum absolute atomic E-state index is 12.5. The van der Waals surface area contributed by atoms with Crippen LogP contribution < -0.4 is 0 Å². The Bertz CT molecular complexity index is 517. The molecule has 0 spiro atoms. The second-order valence-corrected chi connectivity index (χ2v) is 7.86. The van der Waals surface area contributed by atoms with Gasteiger partial charge in [-0.2, -0.15) is 4.31 Å². The first-order valence-corrected chi connectivity index (χ1v) is 8.53. The van der Waals surface area contributed by atoms with Crippen LogP contribution >= 0.6 is 11.6 Å². The molecular formula is C14H20ClNO2S. The number of rotatable bonds is 3. The van der Waals surface area contributed by atoms with Gasteiger partial charge < -0.3 is 0 Å². The van der Waals surface area contributed by atoms with Gasteiger partial charge in [-0.3, -0.25) is 0 Å². The van der Waals surface area contributed by atoms with Crippen molar-refractivity contribution in [1.29, 1.82) is 0 Å². The van der Waals surface area contributed by atoms with Crippen LogP contribution in [0.15, 0.2) is 29.2 Å². The molecule has 0 aromatic heterocycles. The fourth-order valence-corrected chi connectivity index (χ4v) is 3.90. The summed E-state index contributed by atoms with van der Waals surface area (Å²) in [6.45, 7) is 5.22. The van der Waals surface area contributed by atoms with Crippen LogP contribution in [-0.2, 0) is 10.0 Å². The summed E-state index contributed by atoms with van der Waals surface area (Å²) >= 11 is 6.01. The summed E-state index contributed by atoms with van der Waals surface area (Å²) in [6, 6.07) is 7.20. The quantitative estimate of drug-likeness (QED) is 0.804. The zero-order valence-electron chi connectivity index (χ0n) is 11.3. The molecule has 1 heterocycles. The Morgan fingerprint density at radius 3 is 2.16 bits per heavy atom. The highest BCUT2D eigenvalue weighted by molar-refractivity contribution is 7.89. The van der Waals surface area contributed by atoms with Crippen molar-refractivity contribution in [3.8, 4) is 0 Å². The number of hydrogen-bond acceptors (Lipinski definition) is 2. The van der Waals surface area contributed by atoms with Crippen molar-refractivity contribution in [2.24, 2.45) is 0 Å². The molecule has 1 fully saturated rings. The van der Waals surface area contributed by atoms with Crippen molar-refractivity contribution in [2.45, 2.75) is 42.9 Å². The van der Waals surface area contributed by atoms with E-state index in [1.165, 1.54) is 4.31 Å². The molecular weight excluding hydrogens is 282 g/mol. The van der Waals surface area contributed by atoms with Gasteiger partial charge in [0, 0.05) is 18.5 Å². The molecule has 3 nitrogen and oxygen atoms in total. The molecule has 1 saturated heterocycles. The van der Waals surface area contributed by atoms with Crippen molar-refractivity contribution in [1.82, 2.24) is 4.31 Å². The standard InChI is InChI=1S/C14H20ClNO2S/c1-11(2)12-3-5-14(6-4-12)19(17,18)16-9-7-13(15)8-10-16/h3-6,11,13H,7-10H2,1-2H3. The second kappa shape index (κ2) is 5.81. The predicted molar refractivity (Wildman–Crippen MR) is 78.2 cm³/mol. The molecule has 0 aliphatic carbocycles. The fraction of sp³-hybridized carbons (Fsp3) is 0.571. The average Bonchev–Trinajstić information content (AvgIpc) is 2.39. The number of hydrogen-bond donors (Lipinski definition) is 0. The molecule has 19 heavy (non-hydrogen) atoms. The molecule has 106 valence electrons. The van der Waals surface area contributed by atoms with E-state index < -0.39 is 10.0 Å². The fourth-order valence-electron chi connectivity index (χ4n) is 2.24. The van der Waals surface area contributed by atoms with Crippen LogP contribution in [-0.4, -0.2) is 31.2 Å². The Kier molecular flexibility index (Phi) is 4.54. The molecule has 1 aliphatic heterocycles. The molecule has 1 aromatic rings. The van der Waals surface area contributed by atoms with Crippen molar-refractivity contribution in [3.63, 3.8) is 0 Å². The van der Waals surface area contributed by atoms with Crippen LogP contribution in [0.4, 0.5) is 0 Å². The number of halogens is 1. The van der Waals surface area contributed by atoms with Crippen LogP contribution in [0.5, 0.6) is 0 Å². The topological polar surface area (TPSA) is 37.4 Å². The largest absolute Gasteiger partial charge is 0.243 e. The number of nitrogens with zero attached hydrogens (tertiary/aromatic N) is 1. The van der Waals surface area contributed by atoms with Gasteiger partial charge in [-0.05, 0) is 36.5 Å². The third kappa shape index (κ3) is 3.30. The summed E-state index contributed by atoms with van der Waals surface area (Å²) in [5.74, 6) is 0.406. The lowest BCUT2D eigenvalue weighted by atomic mass is 10.0. The molecule has 2 rings (SSSR count). The van der Waals surface area contributed by atoms with E-state index in [1.807, 2.05) is 12.1 Å². The lowest BCUT2D eigenvalue weighted by Crippen LogP contribution is -2.38. The first kappa shape index (κ1) is 14.8. The van der Waals surface area contributed by atoms with E-state index in [0.717, 1.165) is 18.4 Å². The molecule has 0 bridgehead atoms. The third-order valence-electron chi connectivity index (χ3n) is 3.57. The lowest BCUT2D eigenvalue weighted by Gasteiger charge is -2.28. The van der Waals surface area contributed by atoms with Crippen LogP contribution in [0.2, 0.25) is 0 Å². The van der Waals surface area contributed by atoms with Gasteiger partial charge in [-0.25, -0.2) is 8.42 Å². The first-order valence-electron chi connectivity index (χ1n) is 6.65. The van der Waals surface area contributed by atoms with Crippen molar-refractivity contribution in [2.75, 3.05) is 13.1 Å². The number of sulfonamides is 1. The first-order chi connectivity index (χ1) is 8.91. The smallest absolute Gasteiger partial charge is 0.207 e. The third-order valence-corrected chi connectivity index (χ3v) is 5.92. The molecule has 1 aliphatic rings. The van der Waals surface area contributed by atoms with Crippen molar-refractivity contribution >= 4 is 21.6 Å². The maximum Gasteiger partial charge on any atom is 0.243 e. The SMILES string of the molecule is CC(C)c1ccc(S(=O)(=O)N2CCC(Cl)CC2)cc1. The van der Waals surface area contributed by atoms with E-state index in [9.17, 15) is 8.42 Å². The highest BCUT2D eigenvalue weighted by Gasteiger charge is 2.28. The van der Waals surface area contributed by atoms with Gasteiger partial charge in [0.05, 0.1) is 4.90 Å². The van der Waals surface area contributed by atoms with E-state index >= 15 is 0 Å². The molecule has 0 N–H and O–H groups in total. The van der Waals surface area contributed by atoms with E-state index in [1.54, 1.807) is 12.1 Å². The molecule has 0 unspecified atom stereocenters. The molecule has 0 amide bonds. The average molecular weight is 302 g/mol. The monoisotopic (exact) mass is 301 g/mol. The number of piperidine rings is 1. The van der Waals surface area contributed by atoms with Gasteiger partial charge in [0.2, 0.25) is 10.0 Å². The number of alkyl halides is 1. The summed E-state index contributed by atoms with van der Waals surface area (Å²) in [7, 11) is -3.35. The summed E-state index contributed by atoms with van der Waals surface area (Å²) in [5.41, 5.74) is 1.15. The normalized spacial score (nSPS) is 18.9. The number of benzene rings is 1. The van der Waals surface area contributed by atoms with E-state index in [0.29, 0.717) is 23.9 Å². The second-order valence-electron chi connectivity index (χ2n) is 5.30. The van der Waals surface area contributed by atoms with Gasteiger partial charge in [-0.15, -0.1) is 11.6 Å². The Hall–Kier alpha value is -0.580. The van der Waals surface area contributed by atoms with Crippen LogP contribution in [0.1, 0.15) is 38.2 Å². The van der Waals surface area contributed by atoms with E-state index in [2.05, 4.69) is 13.8 Å². The van der Waals surface area contributed by atoms with Crippen LogP contribution in [0, 0.1) is 0 Å². The molecule has 0 saturated carbocycles.